The molecule has 0 fully saturated rings. The Morgan fingerprint density at radius 3 is 2.53 bits per heavy atom. The molecule has 168 valence electrons. The first kappa shape index (κ1) is 24.1. The number of anilines is 1. The summed E-state index contributed by atoms with van der Waals surface area (Å²) in [5.74, 6) is 0.313. The van der Waals surface area contributed by atoms with Gasteiger partial charge in [-0.1, -0.05) is 52.7 Å². The molecule has 10 heteroatoms. The summed E-state index contributed by atoms with van der Waals surface area (Å²) in [5.41, 5.74) is 3.34. The molecule has 0 aliphatic heterocycles. The van der Waals surface area contributed by atoms with E-state index in [0.717, 1.165) is 16.8 Å². The van der Waals surface area contributed by atoms with E-state index in [1.807, 2.05) is 32.0 Å². The fourth-order valence-electron chi connectivity index (χ4n) is 3.08. The lowest BCUT2D eigenvalue weighted by atomic mass is 10.1. The van der Waals surface area contributed by atoms with Crippen LogP contribution in [0.5, 0.6) is 0 Å². The van der Waals surface area contributed by atoms with Gasteiger partial charge in [-0.05, 0) is 50.6 Å². The Labute approximate surface area is 200 Å². The molecule has 2 aromatic carbocycles. The third-order valence-corrected chi connectivity index (χ3v) is 6.53. The summed E-state index contributed by atoms with van der Waals surface area (Å²) in [6.45, 7) is 5.77. The molecule has 3 rings (SSSR count). The van der Waals surface area contributed by atoms with Crippen molar-refractivity contribution in [2.24, 2.45) is 7.05 Å². The molecule has 0 saturated heterocycles. The van der Waals surface area contributed by atoms with E-state index in [9.17, 15) is 9.59 Å². The van der Waals surface area contributed by atoms with Crippen LogP contribution in [0, 0.1) is 13.8 Å². The van der Waals surface area contributed by atoms with Gasteiger partial charge in [0.05, 0.1) is 21.8 Å². The number of thioether (sulfide) groups is 1. The maximum absolute atomic E-state index is 12.5. The van der Waals surface area contributed by atoms with Gasteiger partial charge in [-0.15, -0.1) is 10.2 Å². The van der Waals surface area contributed by atoms with E-state index in [4.69, 9.17) is 23.2 Å². The Hall–Kier alpha value is -2.55. The molecule has 0 radical (unpaired) electrons. The quantitative estimate of drug-likeness (QED) is 0.455. The Balaban J connectivity index is 1.59. The van der Waals surface area contributed by atoms with E-state index < -0.39 is 6.04 Å². The van der Waals surface area contributed by atoms with Crippen molar-refractivity contribution in [1.29, 1.82) is 0 Å². The van der Waals surface area contributed by atoms with Crippen molar-refractivity contribution in [2.75, 3.05) is 11.1 Å². The van der Waals surface area contributed by atoms with Crippen molar-refractivity contribution in [1.82, 2.24) is 20.1 Å². The highest BCUT2D eigenvalue weighted by Crippen LogP contribution is 2.24. The standard InChI is InChI=1S/C22H23Cl2N5O2S/c1-12-5-8-18(13(2)9-12)26-19(30)11-32-22-28-27-20(29(22)4)14(3)25-21(31)15-6-7-16(23)17(24)10-15/h5-10,14H,11H2,1-4H3,(H,25,31)(H,26,30)/t14-/m1/s1. The molecule has 7 nitrogen and oxygen atoms in total. The molecule has 0 unspecified atom stereocenters. The van der Waals surface area contributed by atoms with Crippen molar-refractivity contribution < 1.29 is 9.59 Å². The van der Waals surface area contributed by atoms with Crippen LogP contribution in [0.25, 0.3) is 0 Å². The van der Waals surface area contributed by atoms with Gasteiger partial charge in [0.15, 0.2) is 11.0 Å². The van der Waals surface area contributed by atoms with Gasteiger partial charge in [0.2, 0.25) is 5.91 Å². The highest BCUT2D eigenvalue weighted by Gasteiger charge is 2.19. The fourth-order valence-corrected chi connectivity index (χ4v) is 4.10. The van der Waals surface area contributed by atoms with E-state index >= 15 is 0 Å². The van der Waals surface area contributed by atoms with Crippen LogP contribution in [0.2, 0.25) is 10.0 Å². The molecular weight excluding hydrogens is 469 g/mol. The van der Waals surface area contributed by atoms with Gasteiger partial charge in [0, 0.05) is 18.3 Å². The number of benzene rings is 2. The lowest BCUT2D eigenvalue weighted by Gasteiger charge is -2.14. The number of carbonyl (C=O) groups is 2. The minimum atomic E-state index is -0.409. The normalized spacial score (nSPS) is 11.8. The molecule has 0 bridgehead atoms. The Bertz CT molecular complexity index is 1170. The summed E-state index contributed by atoms with van der Waals surface area (Å²) in [6, 6.07) is 10.1. The lowest BCUT2D eigenvalue weighted by Crippen LogP contribution is -2.28. The number of nitrogens with zero attached hydrogens (tertiary/aromatic N) is 3. The Morgan fingerprint density at radius 2 is 1.84 bits per heavy atom. The predicted molar refractivity (Wildman–Crippen MR) is 129 cm³/mol. The Morgan fingerprint density at radius 1 is 1.09 bits per heavy atom. The zero-order valence-corrected chi connectivity index (χ0v) is 20.4. The smallest absolute Gasteiger partial charge is 0.251 e. The Kier molecular flexibility index (Phi) is 7.82. The SMILES string of the molecule is Cc1ccc(NC(=O)CSc2nnc([C@@H](C)NC(=O)c3ccc(Cl)c(Cl)c3)n2C)c(C)c1. The van der Waals surface area contributed by atoms with Crippen LogP contribution < -0.4 is 10.6 Å². The summed E-state index contributed by atoms with van der Waals surface area (Å²) in [5, 5.41) is 15.4. The van der Waals surface area contributed by atoms with E-state index in [0.29, 0.717) is 26.6 Å². The van der Waals surface area contributed by atoms with Gasteiger partial charge in [-0.25, -0.2) is 0 Å². The summed E-state index contributed by atoms with van der Waals surface area (Å²) in [7, 11) is 1.79. The van der Waals surface area contributed by atoms with Crippen LogP contribution in [-0.4, -0.2) is 32.3 Å². The number of nitrogens with one attached hydrogen (secondary N) is 2. The van der Waals surface area contributed by atoms with Crippen molar-refractivity contribution >= 4 is 52.5 Å². The van der Waals surface area contributed by atoms with Crippen molar-refractivity contribution in [3.05, 3.63) is 69.0 Å². The minimum Gasteiger partial charge on any atom is -0.342 e. The summed E-state index contributed by atoms with van der Waals surface area (Å²) < 4.78 is 1.76. The molecule has 2 N–H and O–H groups in total. The van der Waals surface area contributed by atoms with Crippen LogP contribution in [-0.2, 0) is 11.8 Å². The zero-order valence-electron chi connectivity index (χ0n) is 18.1. The van der Waals surface area contributed by atoms with Gasteiger partial charge in [-0.3, -0.25) is 9.59 Å². The van der Waals surface area contributed by atoms with Crippen LogP contribution in [0.3, 0.4) is 0 Å². The maximum atomic E-state index is 12.5. The minimum absolute atomic E-state index is 0.132. The second-order valence-corrected chi connectivity index (χ2v) is 9.14. The maximum Gasteiger partial charge on any atom is 0.251 e. The van der Waals surface area contributed by atoms with Crippen LogP contribution >= 0.6 is 35.0 Å². The second-order valence-electron chi connectivity index (χ2n) is 7.38. The molecule has 0 aliphatic carbocycles. The third-order valence-electron chi connectivity index (χ3n) is 4.77. The second kappa shape index (κ2) is 10.4. The average Bonchev–Trinajstić information content (AvgIpc) is 3.11. The molecule has 0 spiro atoms. The predicted octanol–water partition coefficient (Wildman–Crippen LogP) is 4.96. The first-order valence-corrected chi connectivity index (χ1v) is 11.5. The monoisotopic (exact) mass is 491 g/mol. The van der Waals surface area contributed by atoms with Crippen molar-refractivity contribution in [2.45, 2.75) is 32.0 Å². The molecule has 1 aromatic heterocycles. The number of amides is 2. The molecule has 0 aliphatic rings. The van der Waals surface area contributed by atoms with Gasteiger partial charge in [0.25, 0.3) is 5.91 Å². The van der Waals surface area contributed by atoms with Crippen LogP contribution in [0.1, 0.15) is 40.3 Å². The molecular formula is C22H23Cl2N5O2S. The number of hydrogen-bond donors (Lipinski definition) is 2. The molecule has 1 atom stereocenters. The highest BCUT2D eigenvalue weighted by atomic mass is 35.5. The first-order chi connectivity index (χ1) is 15.2. The van der Waals surface area contributed by atoms with E-state index in [-0.39, 0.29) is 17.6 Å². The lowest BCUT2D eigenvalue weighted by molar-refractivity contribution is -0.113. The average molecular weight is 492 g/mol. The van der Waals surface area contributed by atoms with E-state index in [1.165, 1.54) is 17.8 Å². The number of halogens is 2. The van der Waals surface area contributed by atoms with Gasteiger partial charge in [-0.2, -0.15) is 0 Å². The van der Waals surface area contributed by atoms with E-state index in [2.05, 4.69) is 20.8 Å². The van der Waals surface area contributed by atoms with Gasteiger partial charge < -0.3 is 15.2 Å². The third kappa shape index (κ3) is 5.82. The van der Waals surface area contributed by atoms with E-state index in [1.54, 1.807) is 30.7 Å². The fraction of sp³-hybridized carbons (Fsp3) is 0.273. The number of carbonyl (C=O) groups excluding carboxylic acids is 2. The zero-order chi connectivity index (χ0) is 23.4. The first-order valence-electron chi connectivity index (χ1n) is 9.80. The number of hydrogen-bond acceptors (Lipinski definition) is 5. The highest BCUT2D eigenvalue weighted by molar-refractivity contribution is 7.99. The van der Waals surface area contributed by atoms with Gasteiger partial charge in [0.1, 0.15) is 0 Å². The molecule has 3 aromatic rings. The summed E-state index contributed by atoms with van der Waals surface area (Å²) in [6.07, 6.45) is 0. The topological polar surface area (TPSA) is 88.9 Å². The van der Waals surface area contributed by atoms with Gasteiger partial charge >= 0.3 is 0 Å². The molecule has 0 saturated carbocycles. The van der Waals surface area contributed by atoms with Crippen molar-refractivity contribution in [3.8, 4) is 0 Å². The van der Waals surface area contributed by atoms with Crippen LogP contribution in [0.4, 0.5) is 5.69 Å². The molecule has 2 amide bonds. The van der Waals surface area contributed by atoms with Crippen LogP contribution in [0.15, 0.2) is 41.6 Å². The molecule has 1 heterocycles. The number of aromatic nitrogens is 3. The molecule has 32 heavy (non-hydrogen) atoms. The summed E-state index contributed by atoms with van der Waals surface area (Å²) >= 11 is 13.2. The van der Waals surface area contributed by atoms with Crippen molar-refractivity contribution in [3.63, 3.8) is 0 Å². The summed E-state index contributed by atoms with van der Waals surface area (Å²) in [4.78, 5) is 24.9. The number of aryl methyl sites for hydroxylation is 2. The largest absolute Gasteiger partial charge is 0.342 e. The number of rotatable bonds is 7.